The second-order valence-corrected chi connectivity index (χ2v) is 9.66. The highest BCUT2D eigenvalue weighted by molar-refractivity contribution is 5.87. The van der Waals surface area contributed by atoms with Gasteiger partial charge in [0.1, 0.15) is 6.29 Å². The van der Waals surface area contributed by atoms with Gasteiger partial charge in [-0.1, -0.05) is 39.3 Å². The molecule has 0 fully saturated rings. The number of aryl methyl sites for hydroxylation is 2. The first-order valence-electron chi connectivity index (χ1n) is 11.9. The van der Waals surface area contributed by atoms with E-state index in [1.54, 1.807) is 0 Å². The second-order valence-electron chi connectivity index (χ2n) is 9.66. The van der Waals surface area contributed by atoms with E-state index < -0.39 is 0 Å². The highest BCUT2D eigenvalue weighted by atomic mass is 16.1. The molecule has 0 aliphatic carbocycles. The first-order valence-corrected chi connectivity index (χ1v) is 11.9. The molecule has 0 N–H and O–H groups in total. The molecular weight excluding hydrogens is 392 g/mol. The number of rotatable bonds is 6. The Morgan fingerprint density at radius 3 is 2.22 bits per heavy atom. The number of likely N-dealkylation sites (N-methyl/N-ethyl adjacent to an activating group) is 1. The van der Waals surface area contributed by atoms with Crippen LogP contribution in [0.4, 0.5) is 11.4 Å². The Balaban J connectivity index is 0.000000278. The maximum Gasteiger partial charge on any atom is 0.150 e. The van der Waals surface area contributed by atoms with Crippen molar-refractivity contribution in [3.63, 3.8) is 0 Å². The lowest BCUT2D eigenvalue weighted by Gasteiger charge is -2.46. The molecule has 0 radical (unpaired) electrons. The van der Waals surface area contributed by atoms with Gasteiger partial charge in [0.15, 0.2) is 0 Å². The predicted molar refractivity (Wildman–Crippen MR) is 141 cm³/mol. The van der Waals surface area contributed by atoms with Gasteiger partial charge in [0.25, 0.3) is 0 Å². The molecule has 0 saturated heterocycles. The lowest BCUT2D eigenvalue weighted by atomic mass is 9.80. The fourth-order valence-corrected chi connectivity index (χ4v) is 4.59. The maximum absolute atomic E-state index is 11.1. The van der Waals surface area contributed by atoms with Gasteiger partial charge in [-0.3, -0.25) is 4.79 Å². The Morgan fingerprint density at radius 1 is 1.03 bits per heavy atom. The number of aldehydes is 1. The van der Waals surface area contributed by atoms with Crippen molar-refractivity contribution in [2.45, 2.75) is 66.8 Å². The Morgan fingerprint density at radius 2 is 1.72 bits per heavy atom. The van der Waals surface area contributed by atoms with Crippen LogP contribution >= 0.6 is 0 Å². The Labute approximate surface area is 196 Å². The lowest BCUT2D eigenvalue weighted by molar-refractivity contribution is 0.112. The van der Waals surface area contributed by atoms with E-state index in [0.29, 0.717) is 5.92 Å². The van der Waals surface area contributed by atoms with Crippen molar-refractivity contribution in [1.29, 1.82) is 0 Å². The summed E-state index contributed by atoms with van der Waals surface area (Å²) in [6.45, 7) is 16.5. The van der Waals surface area contributed by atoms with E-state index >= 15 is 0 Å². The molecule has 32 heavy (non-hydrogen) atoms. The fraction of sp³-hybridized carbons (Fsp3) is 0.483. The van der Waals surface area contributed by atoms with E-state index in [1.165, 1.54) is 33.6 Å². The smallest absolute Gasteiger partial charge is 0.150 e. The summed E-state index contributed by atoms with van der Waals surface area (Å²) in [5.74, 6) is 0.459. The summed E-state index contributed by atoms with van der Waals surface area (Å²) in [4.78, 5) is 15.7. The topological polar surface area (TPSA) is 23.6 Å². The number of benzene rings is 2. The number of nitrogens with zero attached hydrogens (tertiary/aromatic N) is 2. The monoisotopic (exact) mass is 434 g/mol. The molecule has 3 heteroatoms. The van der Waals surface area contributed by atoms with Crippen molar-refractivity contribution < 1.29 is 4.79 Å². The first-order chi connectivity index (χ1) is 15.1. The quantitative estimate of drug-likeness (QED) is 0.445. The highest BCUT2D eigenvalue weighted by Crippen LogP contribution is 2.43. The van der Waals surface area contributed by atoms with Crippen LogP contribution in [0.2, 0.25) is 0 Å². The number of fused-ring (bicyclic) bond motifs is 1. The second kappa shape index (κ2) is 10.8. The molecule has 1 unspecified atom stereocenters. The number of anilines is 2. The van der Waals surface area contributed by atoms with Crippen LogP contribution in [-0.4, -0.2) is 32.5 Å². The number of allylic oxidation sites excluding steroid dienone is 1. The summed E-state index contributed by atoms with van der Waals surface area (Å²) < 4.78 is 0. The summed E-state index contributed by atoms with van der Waals surface area (Å²) in [7, 11) is 4.12. The summed E-state index contributed by atoms with van der Waals surface area (Å²) in [5, 5.41) is 0. The lowest BCUT2D eigenvalue weighted by Crippen LogP contribution is -2.47. The maximum atomic E-state index is 11.1. The number of hydrogen-bond acceptors (Lipinski definition) is 3. The molecule has 0 amide bonds. The van der Waals surface area contributed by atoms with E-state index in [2.05, 4.69) is 103 Å². The van der Waals surface area contributed by atoms with Gasteiger partial charge in [-0.25, -0.2) is 0 Å². The van der Waals surface area contributed by atoms with Crippen LogP contribution in [-0.2, 0) is 0 Å². The predicted octanol–water partition coefficient (Wildman–Crippen LogP) is 7.31. The van der Waals surface area contributed by atoms with E-state index in [4.69, 9.17) is 0 Å². The molecule has 0 spiro atoms. The van der Waals surface area contributed by atoms with Crippen molar-refractivity contribution >= 4 is 23.2 Å². The molecule has 0 bridgehead atoms. The Kier molecular flexibility index (Phi) is 8.72. The molecule has 3 nitrogen and oxygen atoms in total. The molecule has 1 aliphatic heterocycles. The van der Waals surface area contributed by atoms with E-state index in [1.807, 2.05) is 12.1 Å². The third kappa shape index (κ3) is 5.62. The number of carbonyl (C=O) groups is 1. The summed E-state index contributed by atoms with van der Waals surface area (Å²) in [6.07, 6.45) is 5.68. The largest absolute Gasteiger partial charge is 0.378 e. The average Bonchev–Trinajstić information content (AvgIpc) is 2.75. The van der Waals surface area contributed by atoms with E-state index in [0.717, 1.165) is 31.2 Å². The van der Waals surface area contributed by atoms with Crippen LogP contribution < -0.4 is 9.80 Å². The summed E-state index contributed by atoms with van der Waals surface area (Å²) in [6, 6.07) is 12.6. The van der Waals surface area contributed by atoms with Gasteiger partial charge in [0.05, 0.1) is 5.54 Å². The normalized spacial score (nSPS) is 17.3. The van der Waals surface area contributed by atoms with Gasteiger partial charge in [-0.05, 0) is 87.1 Å². The number of carbonyl (C=O) groups excluding carboxylic acids is 1. The SMILES string of the molecule is CCCC1(C)C=C(C(C)C)c2cc(C=O)ccc2N1CC.Cc1ccc(N(C)C)cc1C. The van der Waals surface area contributed by atoms with Gasteiger partial charge >= 0.3 is 0 Å². The van der Waals surface area contributed by atoms with Crippen molar-refractivity contribution in [3.8, 4) is 0 Å². The first kappa shape index (κ1) is 25.7. The zero-order valence-electron chi connectivity index (χ0n) is 21.6. The molecule has 0 aromatic heterocycles. The molecular formula is C29H42N2O. The van der Waals surface area contributed by atoms with Crippen LogP contribution in [0.15, 0.2) is 42.5 Å². The third-order valence-corrected chi connectivity index (χ3v) is 6.54. The zero-order valence-corrected chi connectivity index (χ0v) is 21.6. The molecule has 2 aromatic rings. The molecule has 1 atom stereocenters. The molecule has 3 rings (SSSR count). The minimum atomic E-state index is 0.0683. The Hall–Kier alpha value is -2.55. The zero-order chi connectivity index (χ0) is 24.1. The van der Waals surface area contributed by atoms with Crippen molar-refractivity contribution in [2.75, 3.05) is 30.4 Å². The van der Waals surface area contributed by atoms with Gasteiger partial charge < -0.3 is 9.80 Å². The van der Waals surface area contributed by atoms with Crippen LogP contribution in [0.25, 0.3) is 5.57 Å². The van der Waals surface area contributed by atoms with E-state index in [9.17, 15) is 4.79 Å². The summed E-state index contributed by atoms with van der Waals surface area (Å²) in [5.41, 5.74) is 8.68. The van der Waals surface area contributed by atoms with E-state index in [-0.39, 0.29) is 5.54 Å². The standard InChI is InChI=1S/C19H27NO.C10H15N/c1-6-10-19(5)12-17(14(3)4)16-11-15(13-21)8-9-18(16)20(19)7-2;1-8-5-6-10(11(3)4)7-9(8)2/h8-9,11-14H,6-7,10H2,1-5H3;5-7H,1-4H3. The van der Waals surface area contributed by atoms with Gasteiger partial charge in [0.2, 0.25) is 0 Å². The molecule has 0 saturated carbocycles. The minimum Gasteiger partial charge on any atom is -0.378 e. The highest BCUT2D eigenvalue weighted by Gasteiger charge is 2.35. The molecule has 1 heterocycles. The van der Waals surface area contributed by atoms with Gasteiger partial charge in [-0.2, -0.15) is 0 Å². The van der Waals surface area contributed by atoms with Crippen molar-refractivity contribution in [3.05, 3.63) is 64.7 Å². The Bertz CT molecular complexity index is 958. The van der Waals surface area contributed by atoms with Crippen LogP contribution in [0.1, 0.15) is 74.5 Å². The van der Waals surface area contributed by atoms with Crippen LogP contribution in [0, 0.1) is 19.8 Å². The van der Waals surface area contributed by atoms with Gasteiger partial charge in [-0.15, -0.1) is 0 Å². The fourth-order valence-electron chi connectivity index (χ4n) is 4.59. The van der Waals surface area contributed by atoms with Crippen molar-refractivity contribution in [1.82, 2.24) is 0 Å². The summed E-state index contributed by atoms with van der Waals surface area (Å²) >= 11 is 0. The minimum absolute atomic E-state index is 0.0683. The molecule has 2 aromatic carbocycles. The number of hydrogen-bond donors (Lipinski definition) is 0. The van der Waals surface area contributed by atoms with Gasteiger partial charge in [0, 0.05) is 43.1 Å². The van der Waals surface area contributed by atoms with Crippen LogP contribution in [0.3, 0.4) is 0 Å². The molecule has 174 valence electrons. The van der Waals surface area contributed by atoms with Crippen molar-refractivity contribution in [2.24, 2.45) is 5.92 Å². The third-order valence-electron chi connectivity index (χ3n) is 6.54. The van der Waals surface area contributed by atoms with Crippen LogP contribution in [0.5, 0.6) is 0 Å². The average molecular weight is 435 g/mol. The molecule has 1 aliphatic rings.